The van der Waals surface area contributed by atoms with E-state index in [1.54, 1.807) is 36.4 Å². The van der Waals surface area contributed by atoms with Gasteiger partial charge >= 0.3 is 5.97 Å². The van der Waals surface area contributed by atoms with Crippen LogP contribution in [0.4, 0.5) is 5.69 Å². The van der Waals surface area contributed by atoms with Gasteiger partial charge in [-0.25, -0.2) is 4.79 Å². The van der Waals surface area contributed by atoms with Gasteiger partial charge in [0, 0.05) is 5.69 Å². The molecule has 0 saturated carbocycles. The maximum Gasteiger partial charge on any atom is 0.338 e. The lowest BCUT2D eigenvalue weighted by Crippen LogP contribution is -2.07. The number of nitrogens with two attached hydrogens (primary N) is 1. The largest absolute Gasteiger partial charge is 0.457 e. The smallest absolute Gasteiger partial charge is 0.338 e. The van der Waals surface area contributed by atoms with E-state index in [2.05, 4.69) is 6.07 Å². The zero-order valence-electron chi connectivity index (χ0n) is 12.0. The second-order valence-electron chi connectivity index (χ2n) is 4.90. The molecule has 0 atom stereocenters. The van der Waals surface area contributed by atoms with Crippen molar-refractivity contribution < 1.29 is 9.53 Å². The summed E-state index contributed by atoms with van der Waals surface area (Å²) in [6.45, 7) is 3.93. The Bertz CT molecular complexity index is 730. The minimum absolute atomic E-state index is 0.171. The van der Waals surface area contributed by atoms with E-state index in [1.807, 2.05) is 13.8 Å². The maximum atomic E-state index is 12.0. The molecule has 21 heavy (non-hydrogen) atoms. The van der Waals surface area contributed by atoms with Crippen LogP contribution in [0.1, 0.15) is 32.6 Å². The Kier molecular flexibility index (Phi) is 4.24. The highest BCUT2D eigenvalue weighted by Crippen LogP contribution is 2.16. The first-order chi connectivity index (χ1) is 10.0. The van der Waals surface area contributed by atoms with Crippen LogP contribution in [0.3, 0.4) is 0 Å². The lowest BCUT2D eigenvalue weighted by molar-refractivity contribution is 0.0472. The molecular weight excluding hydrogens is 264 g/mol. The van der Waals surface area contributed by atoms with E-state index < -0.39 is 5.97 Å². The summed E-state index contributed by atoms with van der Waals surface area (Å²) >= 11 is 0. The summed E-state index contributed by atoms with van der Waals surface area (Å²) in [4.78, 5) is 12.0. The van der Waals surface area contributed by atoms with Gasteiger partial charge in [-0.3, -0.25) is 0 Å². The molecule has 0 bridgehead atoms. The molecule has 0 heterocycles. The highest BCUT2D eigenvalue weighted by Gasteiger charge is 2.09. The average molecular weight is 280 g/mol. The number of hydrogen-bond donors (Lipinski definition) is 1. The van der Waals surface area contributed by atoms with Gasteiger partial charge in [0.1, 0.15) is 6.61 Å². The van der Waals surface area contributed by atoms with Crippen molar-refractivity contribution in [1.82, 2.24) is 0 Å². The second-order valence-corrected chi connectivity index (χ2v) is 4.90. The van der Waals surface area contributed by atoms with Gasteiger partial charge in [-0.15, -0.1) is 0 Å². The van der Waals surface area contributed by atoms with Crippen LogP contribution < -0.4 is 5.73 Å². The van der Waals surface area contributed by atoms with Crippen molar-refractivity contribution in [1.29, 1.82) is 5.26 Å². The van der Waals surface area contributed by atoms with Gasteiger partial charge in [-0.2, -0.15) is 5.26 Å². The Morgan fingerprint density at radius 2 is 1.95 bits per heavy atom. The number of hydrogen-bond acceptors (Lipinski definition) is 4. The van der Waals surface area contributed by atoms with Crippen molar-refractivity contribution in [3.05, 3.63) is 64.2 Å². The predicted octanol–water partition coefficient (Wildman–Crippen LogP) is 3.11. The summed E-state index contributed by atoms with van der Waals surface area (Å²) in [6, 6.07) is 12.5. The third-order valence-corrected chi connectivity index (χ3v) is 3.35. The highest BCUT2D eigenvalue weighted by molar-refractivity contribution is 5.90. The third kappa shape index (κ3) is 3.40. The number of aryl methyl sites for hydroxylation is 2. The van der Waals surface area contributed by atoms with Crippen LogP contribution in [0.5, 0.6) is 0 Å². The quantitative estimate of drug-likeness (QED) is 0.692. The summed E-state index contributed by atoms with van der Waals surface area (Å²) in [5, 5.41) is 8.82. The molecule has 106 valence electrons. The van der Waals surface area contributed by atoms with E-state index in [1.165, 1.54) is 0 Å². The van der Waals surface area contributed by atoms with Crippen LogP contribution in [0.15, 0.2) is 36.4 Å². The summed E-state index contributed by atoms with van der Waals surface area (Å²) in [5.41, 5.74) is 10.1. The maximum absolute atomic E-state index is 12.0. The van der Waals surface area contributed by atoms with Crippen LogP contribution in [0, 0.1) is 25.2 Å². The molecule has 2 rings (SSSR count). The minimum Gasteiger partial charge on any atom is -0.457 e. The van der Waals surface area contributed by atoms with Gasteiger partial charge in [0.05, 0.1) is 17.2 Å². The molecule has 0 fully saturated rings. The lowest BCUT2D eigenvalue weighted by atomic mass is 10.1. The topological polar surface area (TPSA) is 76.1 Å². The highest BCUT2D eigenvalue weighted by atomic mass is 16.5. The number of carbonyl (C=O) groups excluding carboxylic acids is 1. The fourth-order valence-electron chi connectivity index (χ4n) is 1.92. The number of nitrogen functional groups attached to an aromatic ring is 1. The molecule has 2 N–H and O–H groups in total. The third-order valence-electron chi connectivity index (χ3n) is 3.35. The first-order valence-electron chi connectivity index (χ1n) is 6.54. The molecule has 0 saturated heterocycles. The molecular formula is C17H16N2O2. The fraction of sp³-hybridized carbons (Fsp3) is 0.176. The summed E-state index contributed by atoms with van der Waals surface area (Å²) in [7, 11) is 0. The van der Waals surface area contributed by atoms with Crippen molar-refractivity contribution in [2.45, 2.75) is 20.5 Å². The zero-order valence-corrected chi connectivity index (χ0v) is 12.0. The van der Waals surface area contributed by atoms with E-state index >= 15 is 0 Å². The van der Waals surface area contributed by atoms with Crippen molar-refractivity contribution in [3.8, 4) is 6.07 Å². The van der Waals surface area contributed by atoms with E-state index in [4.69, 9.17) is 15.7 Å². The van der Waals surface area contributed by atoms with Crippen molar-refractivity contribution >= 4 is 11.7 Å². The van der Waals surface area contributed by atoms with Crippen LogP contribution in [0.2, 0.25) is 0 Å². The number of rotatable bonds is 3. The Labute approximate surface area is 123 Å². The molecule has 0 aliphatic rings. The monoisotopic (exact) mass is 280 g/mol. The molecule has 0 amide bonds. The first-order valence-corrected chi connectivity index (χ1v) is 6.54. The minimum atomic E-state index is -0.412. The standard InChI is InChI=1S/C17H16N2O2/c1-11-3-5-14(8-16(11)19)17(20)21-10-15-6-4-13(9-18)7-12(15)2/h3-8H,10,19H2,1-2H3. The fourth-order valence-corrected chi connectivity index (χ4v) is 1.92. The molecule has 2 aromatic carbocycles. The molecule has 0 unspecified atom stereocenters. The van der Waals surface area contributed by atoms with Gasteiger partial charge in [-0.05, 0) is 54.8 Å². The number of carbonyl (C=O) groups is 1. The number of benzene rings is 2. The Morgan fingerprint density at radius 1 is 1.19 bits per heavy atom. The van der Waals surface area contributed by atoms with Gasteiger partial charge in [0.25, 0.3) is 0 Å². The Hall–Kier alpha value is -2.80. The summed E-state index contributed by atoms with van der Waals surface area (Å²) in [5.74, 6) is -0.412. The van der Waals surface area contributed by atoms with Crippen molar-refractivity contribution in [2.75, 3.05) is 5.73 Å². The number of nitrogens with zero attached hydrogens (tertiary/aromatic N) is 1. The SMILES string of the molecule is Cc1ccc(C(=O)OCc2ccc(C#N)cc2C)cc1N. The molecule has 2 aromatic rings. The molecule has 0 aromatic heterocycles. The van der Waals surface area contributed by atoms with Gasteiger partial charge < -0.3 is 10.5 Å². The van der Waals surface area contributed by atoms with E-state index in [-0.39, 0.29) is 6.61 Å². The second kappa shape index (κ2) is 6.10. The van der Waals surface area contributed by atoms with E-state index in [0.29, 0.717) is 16.8 Å². The predicted molar refractivity (Wildman–Crippen MR) is 80.6 cm³/mol. The number of ether oxygens (including phenoxy) is 1. The summed E-state index contributed by atoms with van der Waals surface area (Å²) < 4.78 is 5.29. The van der Waals surface area contributed by atoms with Gasteiger partial charge in [0.15, 0.2) is 0 Å². The lowest BCUT2D eigenvalue weighted by Gasteiger charge is -2.09. The number of anilines is 1. The molecule has 0 aliphatic heterocycles. The van der Waals surface area contributed by atoms with Crippen LogP contribution in [-0.2, 0) is 11.3 Å². The van der Waals surface area contributed by atoms with Crippen LogP contribution in [0.25, 0.3) is 0 Å². The normalized spacial score (nSPS) is 9.95. The van der Waals surface area contributed by atoms with Crippen molar-refractivity contribution in [3.63, 3.8) is 0 Å². The first kappa shape index (κ1) is 14.6. The summed E-state index contributed by atoms with van der Waals surface area (Å²) in [6.07, 6.45) is 0. The van der Waals surface area contributed by atoms with E-state index in [9.17, 15) is 4.79 Å². The van der Waals surface area contributed by atoms with Gasteiger partial charge in [-0.1, -0.05) is 12.1 Å². The van der Waals surface area contributed by atoms with Gasteiger partial charge in [0.2, 0.25) is 0 Å². The molecule has 0 radical (unpaired) electrons. The van der Waals surface area contributed by atoms with E-state index in [0.717, 1.165) is 16.7 Å². The average Bonchev–Trinajstić information content (AvgIpc) is 2.48. The Balaban J connectivity index is 2.07. The molecule has 0 aliphatic carbocycles. The number of esters is 1. The Morgan fingerprint density at radius 3 is 2.57 bits per heavy atom. The molecule has 4 nitrogen and oxygen atoms in total. The van der Waals surface area contributed by atoms with Crippen LogP contribution >= 0.6 is 0 Å². The molecule has 0 spiro atoms. The number of nitriles is 1. The van der Waals surface area contributed by atoms with Crippen LogP contribution in [-0.4, -0.2) is 5.97 Å². The molecule has 4 heteroatoms. The van der Waals surface area contributed by atoms with Crippen molar-refractivity contribution in [2.24, 2.45) is 0 Å². The zero-order chi connectivity index (χ0) is 15.4.